The van der Waals surface area contributed by atoms with E-state index in [1.807, 2.05) is 0 Å². The van der Waals surface area contributed by atoms with Crippen LogP contribution in [-0.2, 0) is 4.79 Å². The second-order valence-electron chi connectivity index (χ2n) is 5.81. The van der Waals surface area contributed by atoms with Crippen LogP contribution in [0.2, 0.25) is 0 Å². The maximum atomic E-state index is 12.5. The van der Waals surface area contributed by atoms with Crippen molar-refractivity contribution in [1.29, 1.82) is 0 Å². The Balaban J connectivity index is 1.77. The van der Waals surface area contributed by atoms with Crippen molar-refractivity contribution in [2.45, 2.75) is 23.2 Å². The molecule has 0 radical (unpaired) electrons. The summed E-state index contributed by atoms with van der Waals surface area (Å²) >= 11 is 1.39. The summed E-state index contributed by atoms with van der Waals surface area (Å²) in [4.78, 5) is 25.1. The van der Waals surface area contributed by atoms with Crippen LogP contribution in [0.1, 0.15) is 17.3 Å². The third-order valence-corrected chi connectivity index (χ3v) is 4.88. The number of halogens is 3. The van der Waals surface area contributed by atoms with E-state index < -0.39 is 18.7 Å². The Kier molecular flexibility index (Phi) is 5.31. The number of rotatable bonds is 4. The molecule has 1 unspecified atom stereocenters. The second-order valence-corrected chi connectivity index (χ2v) is 7.20. The number of ether oxygens (including phenoxy) is 1. The number of alkyl halides is 3. The molecule has 0 bridgehead atoms. The molecule has 0 fully saturated rings. The van der Waals surface area contributed by atoms with Crippen molar-refractivity contribution < 1.29 is 27.5 Å². The zero-order valence-corrected chi connectivity index (χ0v) is 14.9. The van der Waals surface area contributed by atoms with Crippen LogP contribution in [0.4, 0.5) is 24.5 Å². The molecular weight excluding hydrogens is 381 g/mol. The number of nitrogens with one attached hydrogen (secondary N) is 2. The smallest absolute Gasteiger partial charge is 0.422 e. The SMILES string of the molecule is CC1Sc2ccc(C(=O)Nc3ccccc3OCC(F)(F)F)cc2NC1=O. The summed E-state index contributed by atoms with van der Waals surface area (Å²) in [6.45, 7) is 0.321. The molecule has 2 aromatic rings. The highest BCUT2D eigenvalue weighted by Crippen LogP contribution is 2.36. The average molecular weight is 396 g/mol. The number of benzene rings is 2. The Morgan fingerprint density at radius 3 is 2.74 bits per heavy atom. The van der Waals surface area contributed by atoms with Gasteiger partial charge in [-0.25, -0.2) is 0 Å². The summed E-state index contributed by atoms with van der Waals surface area (Å²) in [5.41, 5.74) is 0.906. The Morgan fingerprint density at radius 1 is 1.26 bits per heavy atom. The largest absolute Gasteiger partial charge is 0.482 e. The van der Waals surface area contributed by atoms with Gasteiger partial charge in [0.15, 0.2) is 6.61 Å². The van der Waals surface area contributed by atoms with E-state index in [9.17, 15) is 22.8 Å². The third kappa shape index (κ3) is 4.73. The third-order valence-electron chi connectivity index (χ3n) is 3.70. The van der Waals surface area contributed by atoms with Crippen LogP contribution >= 0.6 is 11.8 Å². The van der Waals surface area contributed by atoms with Gasteiger partial charge in [0, 0.05) is 10.5 Å². The van der Waals surface area contributed by atoms with Gasteiger partial charge in [0.1, 0.15) is 5.75 Å². The van der Waals surface area contributed by atoms with E-state index in [1.165, 1.54) is 36.0 Å². The van der Waals surface area contributed by atoms with Gasteiger partial charge < -0.3 is 15.4 Å². The zero-order chi connectivity index (χ0) is 19.6. The molecule has 2 amide bonds. The highest BCUT2D eigenvalue weighted by Gasteiger charge is 2.29. The molecule has 0 saturated carbocycles. The van der Waals surface area contributed by atoms with E-state index in [0.29, 0.717) is 5.69 Å². The predicted molar refractivity (Wildman–Crippen MR) is 96.3 cm³/mol. The van der Waals surface area contributed by atoms with Crippen molar-refractivity contribution in [3.8, 4) is 5.75 Å². The lowest BCUT2D eigenvalue weighted by molar-refractivity contribution is -0.153. The van der Waals surface area contributed by atoms with Crippen LogP contribution < -0.4 is 15.4 Å². The Hall–Kier alpha value is -2.68. The van der Waals surface area contributed by atoms with Crippen molar-refractivity contribution in [1.82, 2.24) is 0 Å². The van der Waals surface area contributed by atoms with Gasteiger partial charge in [0.05, 0.1) is 16.6 Å². The van der Waals surface area contributed by atoms with Crippen LogP contribution in [0.5, 0.6) is 5.75 Å². The topological polar surface area (TPSA) is 67.4 Å². The maximum absolute atomic E-state index is 12.5. The molecule has 0 saturated heterocycles. The number of fused-ring (bicyclic) bond motifs is 1. The number of thioether (sulfide) groups is 1. The summed E-state index contributed by atoms with van der Waals surface area (Å²) in [6.07, 6.45) is -4.48. The molecule has 0 aromatic heterocycles. The summed E-state index contributed by atoms with van der Waals surface area (Å²) < 4.78 is 41.9. The molecule has 1 aliphatic heterocycles. The number of carbonyl (C=O) groups is 2. The molecule has 0 spiro atoms. The van der Waals surface area contributed by atoms with E-state index >= 15 is 0 Å². The lowest BCUT2D eigenvalue weighted by Gasteiger charge is -2.21. The van der Waals surface area contributed by atoms with Gasteiger partial charge in [-0.05, 0) is 37.3 Å². The lowest BCUT2D eigenvalue weighted by atomic mass is 10.1. The summed E-state index contributed by atoms with van der Waals surface area (Å²) in [6, 6.07) is 10.7. The van der Waals surface area contributed by atoms with Gasteiger partial charge in [0.25, 0.3) is 5.91 Å². The number of anilines is 2. The number of carbonyl (C=O) groups excluding carboxylic acids is 2. The van der Waals surface area contributed by atoms with E-state index in [2.05, 4.69) is 10.6 Å². The number of para-hydroxylation sites is 2. The highest BCUT2D eigenvalue weighted by molar-refractivity contribution is 8.00. The standard InChI is InChI=1S/C18H15F3N2O3S/c1-10-16(24)23-13-8-11(6-7-15(13)27-10)17(25)22-12-4-2-3-5-14(12)26-9-18(19,20)21/h2-8,10H,9H2,1H3,(H,22,25)(H,23,24). The molecule has 1 aliphatic rings. The van der Waals surface area contributed by atoms with Crippen LogP contribution in [0.15, 0.2) is 47.4 Å². The summed E-state index contributed by atoms with van der Waals surface area (Å²) in [5, 5.41) is 5.04. The van der Waals surface area contributed by atoms with Crippen molar-refractivity contribution in [3.05, 3.63) is 48.0 Å². The van der Waals surface area contributed by atoms with E-state index in [1.54, 1.807) is 25.1 Å². The molecule has 2 N–H and O–H groups in total. The molecule has 2 aromatic carbocycles. The fraction of sp³-hybridized carbons (Fsp3) is 0.222. The summed E-state index contributed by atoms with van der Waals surface area (Å²) in [5.74, 6) is -0.770. The van der Waals surface area contributed by atoms with Gasteiger partial charge in [-0.3, -0.25) is 9.59 Å². The number of hydrogen-bond acceptors (Lipinski definition) is 4. The van der Waals surface area contributed by atoms with Gasteiger partial charge in [-0.1, -0.05) is 12.1 Å². The number of hydrogen-bond donors (Lipinski definition) is 2. The lowest BCUT2D eigenvalue weighted by Crippen LogP contribution is -2.26. The van der Waals surface area contributed by atoms with E-state index in [0.717, 1.165) is 4.90 Å². The minimum absolute atomic E-state index is 0.0844. The molecule has 27 heavy (non-hydrogen) atoms. The minimum Gasteiger partial charge on any atom is -0.482 e. The molecule has 5 nitrogen and oxygen atoms in total. The van der Waals surface area contributed by atoms with Crippen LogP contribution in [0.25, 0.3) is 0 Å². The fourth-order valence-corrected chi connectivity index (χ4v) is 3.33. The molecule has 1 atom stereocenters. The summed E-state index contributed by atoms with van der Waals surface area (Å²) in [7, 11) is 0. The first-order valence-electron chi connectivity index (χ1n) is 7.94. The van der Waals surface area contributed by atoms with Gasteiger partial charge in [0.2, 0.25) is 5.91 Å². The van der Waals surface area contributed by atoms with Gasteiger partial charge in [-0.15, -0.1) is 11.8 Å². The van der Waals surface area contributed by atoms with E-state index in [-0.39, 0.29) is 28.2 Å². The molecular formula is C18H15F3N2O3S. The fourth-order valence-electron chi connectivity index (χ4n) is 2.40. The molecule has 1 heterocycles. The van der Waals surface area contributed by atoms with Crippen LogP contribution in [0, 0.1) is 0 Å². The molecule has 0 aliphatic carbocycles. The first-order chi connectivity index (χ1) is 12.7. The molecule has 3 rings (SSSR count). The Bertz CT molecular complexity index is 886. The first kappa shape index (κ1) is 19.1. The monoisotopic (exact) mass is 396 g/mol. The highest BCUT2D eigenvalue weighted by atomic mass is 32.2. The Morgan fingerprint density at radius 2 is 2.00 bits per heavy atom. The zero-order valence-electron chi connectivity index (χ0n) is 14.1. The average Bonchev–Trinajstić information content (AvgIpc) is 2.61. The predicted octanol–water partition coefficient (Wildman–Crippen LogP) is 4.31. The van der Waals surface area contributed by atoms with Crippen molar-refractivity contribution in [2.75, 3.05) is 17.2 Å². The Labute approximate surface area is 157 Å². The van der Waals surface area contributed by atoms with Crippen molar-refractivity contribution >= 4 is 35.0 Å². The van der Waals surface area contributed by atoms with E-state index in [4.69, 9.17) is 4.74 Å². The minimum atomic E-state index is -4.48. The van der Waals surface area contributed by atoms with Crippen molar-refractivity contribution in [2.24, 2.45) is 0 Å². The maximum Gasteiger partial charge on any atom is 0.422 e. The molecule has 142 valence electrons. The normalized spacial score (nSPS) is 16.3. The van der Waals surface area contributed by atoms with Crippen LogP contribution in [0.3, 0.4) is 0 Å². The second kappa shape index (κ2) is 7.51. The molecule has 9 heteroatoms. The quantitative estimate of drug-likeness (QED) is 0.808. The first-order valence-corrected chi connectivity index (χ1v) is 8.82. The number of amides is 2. The van der Waals surface area contributed by atoms with Gasteiger partial charge >= 0.3 is 6.18 Å². The van der Waals surface area contributed by atoms with Crippen molar-refractivity contribution in [3.63, 3.8) is 0 Å². The van der Waals surface area contributed by atoms with Gasteiger partial charge in [-0.2, -0.15) is 13.2 Å². The van der Waals surface area contributed by atoms with Crippen LogP contribution in [-0.4, -0.2) is 29.8 Å².